The molecule has 2 aromatic heterocycles. The monoisotopic (exact) mass is 526 g/mol. The number of hydrogen-bond donors (Lipinski definition) is 3. The van der Waals surface area contributed by atoms with Crippen LogP contribution in [-0.4, -0.2) is 44.5 Å². The highest BCUT2D eigenvalue weighted by Gasteiger charge is 2.38. The molecule has 0 spiro atoms. The summed E-state index contributed by atoms with van der Waals surface area (Å²) < 4.78 is 101. The van der Waals surface area contributed by atoms with E-state index in [1.54, 1.807) is 6.92 Å². The van der Waals surface area contributed by atoms with Crippen molar-refractivity contribution >= 4 is 11.9 Å². The third-order valence-electron chi connectivity index (χ3n) is 4.01. The highest BCUT2D eigenvalue weighted by atomic mass is 19.4. The minimum atomic E-state index is -5.08. The van der Waals surface area contributed by atoms with E-state index in [9.17, 15) is 39.9 Å². The van der Waals surface area contributed by atoms with Crippen LogP contribution in [0.5, 0.6) is 5.75 Å². The molecule has 0 saturated heterocycles. The van der Waals surface area contributed by atoms with Gasteiger partial charge in [-0.3, -0.25) is 9.78 Å². The topological polar surface area (TPSA) is 117 Å². The van der Waals surface area contributed by atoms with Gasteiger partial charge in [0.15, 0.2) is 17.4 Å². The number of rotatable bonds is 5. The zero-order valence-corrected chi connectivity index (χ0v) is 17.7. The average Bonchev–Trinajstić information content (AvgIpc) is 3.19. The summed E-state index contributed by atoms with van der Waals surface area (Å²) in [4.78, 5) is 31.8. The van der Waals surface area contributed by atoms with E-state index in [0.717, 1.165) is 18.2 Å². The number of carboxylic acids is 1. The van der Waals surface area contributed by atoms with Crippen molar-refractivity contribution in [1.29, 1.82) is 0 Å². The number of benzene rings is 1. The zero-order valence-electron chi connectivity index (χ0n) is 17.7. The average molecular weight is 526 g/mol. The Morgan fingerprint density at radius 3 is 2.19 bits per heavy atom. The quantitative estimate of drug-likeness (QED) is 0.424. The minimum absolute atomic E-state index is 0.0498. The third-order valence-corrected chi connectivity index (χ3v) is 4.01. The molecule has 1 amide bonds. The molecule has 0 aliphatic rings. The predicted octanol–water partition coefficient (Wildman–Crippen LogP) is 4.44. The Labute approximate surface area is 195 Å². The zero-order chi connectivity index (χ0) is 27.3. The Balaban J connectivity index is 0.000000572. The number of aromatic nitrogens is 3. The van der Waals surface area contributed by atoms with Crippen LogP contribution in [0.4, 0.5) is 35.1 Å². The molecule has 16 heteroatoms. The van der Waals surface area contributed by atoms with Crippen LogP contribution in [-0.2, 0) is 4.79 Å². The van der Waals surface area contributed by atoms with E-state index >= 15 is 0 Å². The smallest absolute Gasteiger partial charge is 0.475 e. The number of hydrogen-bond acceptors (Lipinski definition) is 5. The molecule has 1 atom stereocenters. The van der Waals surface area contributed by atoms with Gasteiger partial charge in [0.2, 0.25) is 0 Å². The molecule has 1 aromatic carbocycles. The van der Waals surface area contributed by atoms with Gasteiger partial charge in [-0.05, 0) is 36.8 Å². The Morgan fingerprint density at radius 1 is 1.08 bits per heavy atom. The van der Waals surface area contributed by atoms with Gasteiger partial charge in [-0.15, -0.1) is 13.2 Å². The molecule has 0 unspecified atom stereocenters. The first-order valence-corrected chi connectivity index (χ1v) is 9.37. The maximum absolute atomic E-state index is 14.3. The number of nitrogens with one attached hydrogen (secondary N) is 2. The molecule has 0 fully saturated rings. The van der Waals surface area contributed by atoms with E-state index < -0.39 is 47.8 Å². The molecule has 3 N–H and O–H groups in total. The number of ether oxygens (including phenoxy) is 1. The van der Waals surface area contributed by atoms with Crippen molar-refractivity contribution in [3.8, 4) is 5.75 Å². The molecule has 0 aliphatic heterocycles. The molecule has 8 nitrogen and oxygen atoms in total. The van der Waals surface area contributed by atoms with E-state index in [0.29, 0.717) is 11.8 Å². The largest absolute Gasteiger partial charge is 0.573 e. The number of halogens is 8. The number of alkyl halides is 6. The summed E-state index contributed by atoms with van der Waals surface area (Å²) in [5.41, 5.74) is 0.217. The summed E-state index contributed by atoms with van der Waals surface area (Å²) in [6, 6.07) is 3.59. The van der Waals surface area contributed by atoms with Crippen LogP contribution in [0.1, 0.15) is 33.6 Å². The van der Waals surface area contributed by atoms with Crippen LogP contribution in [0.25, 0.3) is 0 Å². The Kier molecular flexibility index (Phi) is 8.56. The van der Waals surface area contributed by atoms with Gasteiger partial charge >= 0.3 is 18.5 Å². The van der Waals surface area contributed by atoms with E-state index in [4.69, 9.17) is 9.90 Å². The number of amides is 1. The number of aromatic amines is 1. The lowest BCUT2D eigenvalue weighted by atomic mass is 10.0. The summed E-state index contributed by atoms with van der Waals surface area (Å²) in [6.07, 6.45) is -7.44. The van der Waals surface area contributed by atoms with Gasteiger partial charge in [0.25, 0.3) is 5.91 Å². The van der Waals surface area contributed by atoms with Crippen LogP contribution in [0.2, 0.25) is 0 Å². The number of aliphatic carboxylic acids is 1. The molecule has 0 radical (unpaired) electrons. The van der Waals surface area contributed by atoms with Crippen molar-refractivity contribution < 1.29 is 54.6 Å². The fourth-order valence-electron chi connectivity index (χ4n) is 2.55. The Bertz CT molecular complexity index is 1230. The van der Waals surface area contributed by atoms with Crippen LogP contribution in [0, 0.1) is 18.6 Å². The first kappa shape index (κ1) is 28.0. The number of carbonyl (C=O) groups is 2. The molecule has 3 rings (SSSR count). The van der Waals surface area contributed by atoms with Gasteiger partial charge in [0, 0.05) is 12.4 Å². The molecule has 194 valence electrons. The number of aryl methyl sites for hydroxylation is 1. The van der Waals surface area contributed by atoms with Gasteiger partial charge in [-0.1, -0.05) is 6.07 Å². The lowest BCUT2D eigenvalue weighted by Crippen LogP contribution is -2.31. The Hall–Kier alpha value is -4.24. The van der Waals surface area contributed by atoms with E-state index in [2.05, 4.69) is 25.0 Å². The van der Waals surface area contributed by atoms with Crippen molar-refractivity contribution in [2.45, 2.75) is 25.5 Å². The van der Waals surface area contributed by atoms with Gasteiger partial charge in [0.1, 0.15) is 11.5 Å². The second-order valence-electron chi connectivity index (χ2n) is 6.71. The van der Waals surface area contributed by atoms with Crippen LogP contribution < -0.4 is 10.1 Å². The van der Waals surface area contributed by atoms with Crippen molar-refractivity contribution in [3.05, 3.63) is 77.1 Å². The SMILES string of the molecule is Cc1c[nH]c(C(=O)N[C@@H](c2ccc(OC(F)(F)F)c(F)c2)c2ncccc2F)n1.O=C(O)C(F)(F)F. The number of nitrogens with zero attached hydrogens (tertiary/aromatic N) is 2. The first-order chi connectivity index (χ1) is 16.6. The molecule has 0 bridgehead atoms. The normalized spacial score (nSPS) is 12.2. The standard InChI is InChI=1S/C18H13F5N4O2.C2HF3O2/c1-9-8-25-16(26-9)17(28)27-14(15-11(19)3-2-6-24-15)10-4-5-13(12(20)7-10)29-18(21,22)23;3-2(4,5)1(6)7/h2-8,14H,1H3,(H,25,26)(H,27,28);(H,6,7)/t14-;/m0./s1. The molecule has 0 aliphatic carbocycles. The van der Waals surface area contributed by atoms with E-state index in [1.165, 1.54) is 18.5 Å². The van der Waals surface area contributed by atoms with Crippen molar-refractivity contribution in [2.24, 2.45) is 0 Å². The van der Waals surface area contributed by atoms with Gasteiger partial charge in [-0.25, -0.2) is 18.6 Å². The third kappa shape index (κ3) is 7.92. The fourth-order valence-corrected chi connectivity index (χ4v) is 2.55. The van der Waals surface area contributed by atoms with Crippen LogP contribution in [0.15, 0.2) is 42.7 Å². The second kappa shape index (κ2) is 11.0. The van der Waals surface area contributed by atoms with Crippen LogP contribution >= 0.6 is 0 Å². The lowest BCUT2D eigenvalue weighted by molar-refractivity contribution is -0.275. The summed E-state index contributed by atoms with van der Waals surface area (Å²) >= 11 is 0. The van der Waals surface area contributed by atoms with Gasteiger partial charge < -0.3 is 20.1 Å². The van der Waals surface area contributed by atoms with Gasteiger partial charge in [-0.2, -0.15) is 13.2 Å². The summed E-state index contributed by atoms with van der Waals surface area (Å²) in [5, 5.41) is 9.58. The summed E-state index contributed by atoms with van der Waals surface area (Å²) in [7, 11) is 0. The highest BCUT2D eigenvalue weighted by Crippen LogP contribution is 2.30. The molecule has 3 aromatic rings. The van der Waals surface area contributed by atoms with Crippen molar-refractivity contribution in [3.63, 3.8) is 0 Å². The number of carbonyl (C=O) groups excluding carboxylic acids is 1. The molecule has 2 heterocycles. The predicted molar refractivity (Wildman–Crippen MR) is 104 cm³/mol. The molecule has 36 heavy (non-hydrogen) atoms. The van der Waals surface area contributed by atoms with Crippen LogP contribution in [0.3, 0.4) is 0 Å². The van der Waals surface area contributed by atoms with Crippen molar-refractivity contribution in [2.75, 3.05) is 0 Å². The number of pyridine rings is 1. The number of imidazole rings is 1. The molecular formula is C20H14F8N4O4. The first-order valence-electron chi connectivity index (χ1n) is 9.37. The molecular weight excluding hydrogens is 512 g/mol. The van der Waals surface area contributed by atoms with Crippen molar-refractivity contribution in [1.82, 2.24) is 20.3 Å². The maximum Gasteiger partial charge on any atom is 0.573 e. The number of H-pyrrole nitrogens is 1. The van der Waals surface area contributed by atoms with E-state index in [-0.39, 0.29) is 17.1 Å². The number of carboxylic acid groups (broad SMARTS) is 1. The minimum Gasteiger partial charge on any atom is -0.475 e. The van der Waals surface area contributed by atoms with E-state index in [1.807, 2.05) is 0 Å². The maximum atomic E-state index is 14.3. The highest BCUT2D eigenvalue weighted by molar-refractivity contribution is 5.91. The summed E-state index contributed by atoms with van der Waals surface area (Å²) in [5.74, 6) is -6.79. The van der Waals surface area contributed by atoms with Gasteiger partial charge in [0.05, 0.1) is 11.7 Å². The summed E-state index contributed by atoms with van der Waals surface area (Å²) in [6.45, 7) is 1.64. The second-order valence-corrected chi connectivity index (χ2v) is 6.71. The Morgan fingerprint density at radius 2 is 1.72 bits per heavy atom. The fraction of sp³-hybridized carbons (Fsp3) is 0.200. The molecule has 0 saturated carbocycles. The lowest BCUT2D eigenvalue weighted by Gasteiger charge is -2.19.